The number of carbonyl (C=O) groups is 2. The fourth-order valence-corrected chi connectivity index (χ4v) is 3.76. The Morgan fingerprint density at radius 2 is 1.88 bits per heavy atom. The normalized spacial score (nSPS) is 15.9. The molecule has 3 aromatic rings. The number of aromatic nitrogens is 4. The number of hydrogen-bond acceptors (Lipinski definition) is 7. The Bertz CT molecular complexity index is 1200. The molecule has 9 nitrogen and oxygen atoms in total. The number of nitrogens with one attached hydrogen (secondary N) is 1. The first-order chi connectivity index (χ1) is 16.1. The molecule has 0 radical (unpaired) electrons. The third kappa shape index (κ3) is 5.10. The summed E-state index contributed by atoms with van der Waals surface area (Å²) in [5, 5.41) is 13.4. The Morgan fingerprint density at radius 1 is 1.15 bits per heavy atom. The van der Waals surface area contributed by atoms with E-state index in [2.05, 4.69) is 20.6 Å². The molecule has 180 valence electrons. The number of ether oxygens (including phenoxy) is 1. The van der Waals surface area contributed by atoms with Crippen LogP contribution in [-0.2, 0) is 20.5 Å². The number of amides is 1. The molecule has 4 rings (SSSR count). The zero-order valence-corrected chi connectivity index (χ0v) is 18.5. The second-order valence-corrected chi connectivity index (χ2v) is 8.18. The van der Waals surface area contributed by atoms with Crippen molar-refractivity contribution in [3.63, 3.8) is 0 Å². The summed E-state index contributed by atoms with van der Waals surface area (Å²) >= 11 is 0. The third-order valence-electron chi connectivity index (χ3n) is 5.60. The number of aryl methyl sites for hydroxylation is 1. The van der Waals surface area contributed by atoms with Crippen molar-refractivity contribution >= 4 is 29.0 Å². The number of hydrogen-bond donors (Lipinski definition) is 1. The van der Waals surface area contributed by atoms with Crippen molar-refractivity contribution in [2.24, 2.45) is 5.92 Å². The van der Waals surface area contributed by atoms with Gasteiger partial charge in [-0.1, -0.05) is 12.1 Å². The maximum Gasteiger partial charge on any atom is 0.453 e. The Morgan fingerprint density at radius 3 is 2.56 bits per heavy atom. The maximum absolute atomic E-state index is 13.1. The second kappa shape index (κ2) is 9.27. The lowest BCUT2D eigenvalue weighted by Crippen LogP contribution is -2.39. The van der Waals surface area contributed by atoms with E-state index >= 15 is 0 Å². The third-order valence-corrected chi connectivity index (χ3v) is 5.60. The van der Waals surface area contributed by atoms with E-state index in [1.807, 2.05) is 25.1 Å². The number of carbonyl (C=O) groups excluding carboxylic acids is 2. The number of nitrogens with zero attached hydrogens (tertiary/aromatic N) is 5. The predicted molar refractivity (Wildman–Crippen MR) is 116 cm³/mol. The highest BCUT2D eigenvalue weighted by Crippen LogP contribution is 2.29. The Balaban J connectivity index is 1.33. The van der Waals surface area contributed by atoms with E-state index in [1.165, 1.54) is 13.0 Å². The Labute approximate surface area is 192 Å². The van der Waals surface area contributed by atoms with Gasteiger partial charge in [0, 0.05) is 18.8 Å². The Hall–Kier alpha value is -3.70. The van der Waals surface area contributed by atoms with Gasteiger partial charge in [0.2, 0.25) is 0 Å². The minimum atomic E-state index is -4.68. The number of rotatable bonds is 5. The first-order valence-corrected chi connectivity index (χ1v) is 10.7. The number of esters is 1. The zero-order valence-electron chi connectivity index (χ0n) is 18.5. The monoisotopic (exact) mass is 476 g/mol. The number of halogens is 3. The fraction of sp³-hybridized carbons (Fsp3) is 0.409. The van der Waals surface area contributed by atoms with Crippen LogP contribution in [0.15, 0.2) is 36.4 Å². The summed E-state index contributed by atoms with van der Waals surface area (Å²) < 4.78 is 45.4. The average Bonchev–Trinajstić information content (AvgIpc) is 3.23. The first-order valence-electron chi connectivity index (χ1n) is 10.7. The largest absolute Gasteiger partial charge is 0.453 e. The molecule has 1 aromatic carbocycles. The molecular weight excluding hydrogens is 453 g/mol. The number of anilines is 2. The van der Waals surface area contributed by atoms with E-state index in [4.69, 9.17) is 4.74 Å². The van der Waals surface area contributed by atoms with Crippen LogP contribution >= 0.6 is 0 Å². The van der Waals surface area contributed by atoms with Crippen LogP contribution in [0.3, 0.4) is 0 Å². The van der Waals surface area contributed by atoms with E-state index < -0.39 is 35.9 Å². The van der Waals surface area contributed by atoms with Crippen molar-refractivity contribution in [1.82, 2.24) is 19.8 Å². The van der Waals surface area contributed by atoms with Crippen LogP contribution in [0, 0.1) is 12.8 Å². The van der Waals surface area contributed by atoms with E-state index in [0.29, 0.717) is 42.0 Å². The number of benzene rings is 1. The van der Waals surface area contributed by atoms with Crippen molar-refractivity contribution in [3.05, 3.63) is 47.8 Å². The number of piperidine rings is 1. The molecule has 12 heteroatoms. The molecule has 34 heavy (non-hydrogen) atoms. The van der Waals surface area contributed by atoms with Crippen LogP contribution in [0.2, 0.25) is 0 Å². The van der Waals surface area contributed by atoms with Crippen LogP contribution in [0.5, 0.6) is 0 Å². The van der Waals surface area contributed by atoms with E-state index in [9.17, 15) is 22.8 Å². The van der Waals surface area contributed by atoms with Crippen molar-refractivity contribution in [1.29, 1.82) is 0 Å². The highest BCUT2D eigenvalue weighted by atomic mass is 19.4. The summed E-state index contributed by atoms with van der Waals surface area (Å²) in [6, 6.07) is 10.3. The lowest BCUT2D eigenvalue weighted by Gasteiger charge is -2.32. The summed E-state index contributed by atoms with van der Waals surface area (Å²) in [6.07, 6.45) is -4.81. The molecule has 0 aliphatic carbocycles. The maximum atomic E-state index is 13.1. The Kier molecular flexibility index (Phi) is 6.40. The molecule has 0 spiro atoms. The summed E-state index contributed by atoms with van der Waals surface area (Å²) in [4.78, 5) is 26.7. The van der Waals surface area contributed by atoms with Crippen molar-refractivity contribution in [2.75, 3.05) is 23.3 Å². The molecule has 1 unspecified atom stereocenters. The number of fused-ring (bicyclic) bond motifs is 1. The molecule has 1 N–H and O–H groups in total. The molecule has 1 fully saturated rings. The van der Waals surface area contributed by atoms with Crippen LogP contribution in [0.25, 0.3) is 5.65 Å². The number of alkyl halides is 3. The van der Waals surface area contributed by atoms with Crippen molar-refractivity contribution in [3.8, 4) is 0 Å². The molecule has 3 heterocycles. The van der Waals surface area contributed by atoms with Gasteiger partial charge in [0.25, 0.3) is 11.7 Å². The van der Waals surface area contributed by atoms with Gasteiger partial charge in [-0.25, -0.2) is 0 Å². The minimum absolute atomic E-state index is 0.00698. The first kappa shape index (κ1) is 23.5. The zero-order chi connectivity index (χ0) is 24.5. The standard InChI is InChI=1S/C22H23F3N6O3/c1-13-4-3-5-16(12-13)26-19(32)14(2)34-20(33)15-8-10-30(11-9-15)18-7-6-17-27-28-21(22(23,24)25)31(17)29-18/h3-7,12,14-15H,8-11H2,1-2H3,(H,26,32). The molecule has 1 amide bonds. The van der Waals surface area contributed by atoms with E-state index in [-0.39, 0.29) is 5.65 Å². The summed E-state index contributed by atoms with van der Waals surface area (Å²) in [7, 11) is 0. The van der Waals surface area contributed by atoms with Gasteiger partial charge >= 0.3 is 12.1 Å². The molecule has 1 aliphatic heterocycles. The quantitative estimate of drug-likeness (QED) is 0.564. The smallest absolute Gasteiger partial charge is 0.452 e. The molecule has 1 atom stereocenters. The summed E-state index contributed by atoms with van der Waals surface area (Å²) in [5.74, 6) is -2.19. The minimum Gasteiger partial charge on any atom is -0.452 e. The van der Waals surface area contributed by atoms with Gasteiger partial charge in [-0.3, -0.25) is 9.59 Å². The van der Waals surface area contributed by atoms with Gasteiger partial charge in [0.15, 0.2) is 11.8 Å². The molecule has 1 aliphatic rings. The van der Waals surface area contributed by atoms with E-state index in [1.54, 1.807) is 17.0 Å². The average molecular weight is 476 g/mol. The lowest BCUT2D eigenvalue weighted by molar-refractivity contribution is -0.158. The van der Waals surface area contributed by atoms with Gasteiger partial charge in [0.05, 0.1) is 5.92 Å². The molecular formula is C22H23F3N6O3. The molecule has 2 aromatic heterocycles. The van der Waals surface area contributed by atoms with Crippen LogP contribution in [-0.4, -0.2) is 50.9 Å². The van der Waals surface area contributed by atoms with Crippen LogP contribution in [0.1, 0.15) is 31.2 Å². The van der Waals surface area contributed by atoms with Gasteiger partial charge < -0.3 is 15.0 Å². The van der Waals surface area contributed by atoms with Gasteiger partial charge in [-0.15, -0.1) is 15.3 Å². The summed E-state index contributed by atoms with van der Waals surface area (Å²) in [6.45, 7) is 4.20. The topological polar surface area (TPSA) is 102 Å². The van der Waals surface area contributed by atoms with Crippen molar-refractivity contribution in [2.45, 2.75) is 39.0 Å². The predicted octanol–water partition coefficient (Wildman–Crippen LogP) is 3.24. The van der Waals surface area contributed by atoms with Gasteiger partial charge in [0.1, 0.15) is 5.82 Å². The van der Waals surface area contributed by atoms with E-state index in [0.717, 1.165) is 5.56 Å². The SMILES string of the molecule is Cc1cccc(NC(=O)C(C)OC(=O)C2CCN(c3ccc4nnc(C(F)(F)F)n4n3)CC2)c1. The lowest BCUT2D eigenvalue weighted by atomic mass is 9.97. The van der Waals surface area contributed by atoms with Gasteiger partial charge in [-0.2, -0.15) is 17.7 Å². The fourth-order valence-electron chi connectivity index (χ4n) is 3.76. The molecule has 0 bridgehead atoms. The van der Waals surface area contributed by atoms with Gasteiger partial charge in [-0.05, 0) is 56.5 Å². The second-order valence-electron chi connectivity index (χ2n) is 8.18. The van der Waals surface area contributed by atoms with Crippen LogP contribution in [0.4, 0.5) is 24.7 Å². The summed E-state index contributed by atoms with van der Waals surface area (Å²) in [5.41, 5.74) is 1.60. The highest BCUT2D eigenvalue weighted by molar-refractivity contribution is 5.95. The highest BCUT2D eigenvalue weighted by Gasteiger charge is 2.38. The van der Waals surface area contributed by atoms with Crippen molar-refractivity contribution < 1.29 is 27.5 Å². The van der Waals surface area contributed by atoms with Crippen LogP contribution < -0.4 is 10.2 Å². The molecule has 0 saturated carbocycles. The molecule has 1 saturated heterocycles.